The number of esters is 4. The summed E-state index contributed by atoms with van der Waals surface area (Å²) in [5, 5.41) is 10.6. The number of carbonyl (C=O) groups is 4. The van der Waals surface area contributed by atoms with Crippen LogP contribution in [0.15, 0.2) is 0 Å². The molecule has 0 saturated heterocycles. The van der Waals surface area contributed by atoms with Crippen molar-refractivity contribution in [2.24, 2.45) is 0 Å². The van der Waals surface area contributed by atoms with Crippen LogP contribution in [-0.2, 0) is 65.4 Å². The van der Waals surface area contributed by atoms with E-state index in [1.807, 2.05) is 0 Å². The van der Waals surface area contributed by atoms with E-state index in [9.17, 15) is 43.2 Å². The maximum absolute atomic E-state index is 13.1. The van der Waals surface area contributed by atoms with Gasteiger partial charge in [-0.1, -0.05) is 387 Å². The molecule has 594 valence electrons. The van der Waals surface area contributed by atoms with Crippen LogP contribution in [0.1, 0.15) is 439 Å². The van der Waals surface area contributed by atoms with E-state index < -0.39 is 97.5 Å². The third-order valence-electron chi connectivity index (χ3n) is 19.1. The van der Waals surface area contributed by atoms with E-state index in [0.29, 0.717) is 25.7 Å². The molecule has 0 heterocycles. The SMILES string of the molecule is CCCCCCCCCCCCCCCCCCCCCCCCC(=O)O[C@H](COC(=O)CCCCCCCCCCCCCCCCCCC)COP(=O)(O)OC[C@@H](O)COP(=O)(O)OC[C@@H](COC(=O)CCCCCCCCCC)OC(=O)CCCCCCCCCCCCCCC. The second-order valence-corrected chi connectivity index (χ2v) is 32.1. The fourth-order valence-corrected chi connectivity index (χ4v) is 14.2. The van der Waals surface area contributed by atoms with E-state index >= 15 is 0 Å². The third kappa shape index (κ3) is 74.3. The predicted octanol–water partition coefficient (Wildman–Crippen LogP) is 24.6. The molecule has 19 heteroatoms. The Bertz CT molecular complexity index is 1890. The lowest BCUT2D eigenvalue weighted by Gasteiger charge is -2.21. The number of aliphatic hydroxyl groups is 1. The smallest absolute Gasteiger partial charge is 0.462 e. The summed E-state index contributed by atoms with van der Waals surface area (Å²) in [6.07, 6.45) is 68.2. The Morgan fingerprint density at radius 2 is 0.400 bits per heavy atom. The standard InChI is InChI=1S/C81H158O17P2/c1-5-9-13-17-21-25-28-31-33-35-36-37-38-39-41-43-46-49-52-56-60-64-68-81(86)98-77(72-92-79(84)66-62-58-54-50-47-45-42-40-34-32-29-26-22-18-14-10-6-2)74-96-100(89,90)94-70-75(82)69-93-99(87,88)95-73-76(71-91-78(83)65-61-57-53-24-20-16-12-8-4)97-80(85)67-63-59-55-51-48-44-30-27-23-19-15-11-7-3/h75-77,82H,5-74H2,1-4H3,(H,87,88)(H,89,90)/t75-,76+,77+/m0/s1. The second-order valence-electron chi connectivity index (χ2n) is 29.2. The van der Waals surface area contributed by atoms with E-state index in [0.717, 1.165) is 89.9 Å². The van der Waals surface area contributed by atoms with Gasteiger partial charge in [-0.15, -0.1) is 0 Å². The molecule has 100 heavy (non-hydrogen) atoms. The van der Waals surface area contributed by atoms with Gasteiger partial charge < -0.3 is 33.8 Å². The first-order valence-electron chi connectivity index (χ1n) is 42.3. The zero-order valence-electron chi connectivity index (χ0n) is 65.2. The van der Waals surface area contributed by atoms with Crippen molar-refractivity contribution in [1.82, 2.24) is 0 Å². The summed E-state index contributed by atoms with van der Waals surface area (Å²) in [6.45, 7) is 4.99. The highest BCUT2D eigenvalue weighted by Crippen LogP contribution is 2.45. The molecule has 5 atom stereocenters. The minimum Gasteiger partial charge on any atom is -0.462 e. The summed E-state index contributed by atoms with van der Waals surface area (Å²) >= 11 is 0. The van der Waals surface area contributed by atoms with Crippen LogP contribution in [0, 0.1) is 0 Å². The van der Waals surface area contributed by atoms with Crippen molar-refractivity contribution in [2.45, 2.75) is 457 Å². The van der Waals surface area contributed by atoms with Gasteiger partial charge >= 0.3 is 39.5 Å². The number of phosphoric acid groups is 2. The molecule has 0 aliphatic heterocycles. The van der Waals surface area contributed by atoms with Gasteiger partial charge in [-0.2, -0.15) is 0 Å². The van der Waals surface area contributed by atoms with Gasteiger partial charge in [0.25, 0.3) is 0 Å². The first kappa shape index (κ1) is 98.1. The number of ether oxygens (including phenoxy) is 4. The Morgan fingerprint density at radius 3 is 0.590 bits per heavy atom. The highest BCUT2D eigenvalue weighted by molar-refractivity contribution is 7.47. The van der Waals surface area contributed by atoms with E-state index in [-0.39, 0.29) is 25.7 Å². The Labute approximate surface area is 613 Å². The normalized spacial score (nSPS) is 13.8. The average molecular weight is 1470 g/mol. The number of hydrogen-bond acceptors (Lipinski definition) is 15. The van der Waals surface area contributed by atoms with Crippen LogP contribution < -0.4 is 0 Å². The molecule has 0 bridgehead atoms. The largest absolute Gasteiger partial charge is 0.472 e. The Kier molecular flexibility index (Phi) is 73.8. The summed E-state index contributed by atoms with van der Waals surface area (Å²) in [7, 11) is -9.91. The van der Waals surface area contributed by atoms with Crippen molar-refractivity contribution in [2.75, 3.05) is 39.6 Å². The summed E-state index contributed by atoms with van der Waals surface area (Å²) < 4.78 is 68.6. The van der Waals surface area contributed by atoms with Gasteiger partial charge in [0, 0.05) is 25.7 Å². The Balaban J connectivity index is 5.17. The van der Waals surface area contributed by atoms with Crippen LogP contribution in [-0.4, -0.2) is 96.7 Å². The van der Waals surface area contributed by atoms with E-state index in [1.165, 1.54) is 270 Å². The molecule has 2 unspecified atom stereocenters. The molecule has 0 aliphatic carbocycles. The van der Waals surface area contributed by atoms with Gasteiger partial charge in [-0.25, -0.2) is 9.13 Å². The van der Waals surface area contributed by atoms with Crippen molar-refractivity contribution in [3.05, 3.63) is 0 Å². The molecule has 0 aromatic heterocycles. The van der Waals surface area contributed by atoms with Crippen molar-refractivity contribution >= 4 is 39.5 Å². The predicted molar refractivity (Wildman–Crippen MR) is 409 cm³/mol. The molecular weight excluding hydrogens is 1310 g/mol. The second kappa shape index (κ2) is 75.3. The molecule has 17 nitrogen and oxygen atoms in total. The number of unbranched alkanes of at least 4 members (excludes halogenated alkanes) is 56. The number of hydrogen-bond donors (Lipinski definition) is 3. The van der Waals surface area contributed by atoms with Gasteiger partial charge in [0.2, 0.25) is 0 Å². The van der Waals surface area contributed by atoms with Crippen molar-refractivity contribution in [3.8, 4) is 0 Å². The molecule has 0 fully saturated rings. The maximum atomic E-state index is 13.1. The van der Waals surface area contributed by atoms with Crippen LogP contribution in [0.3, 0.4) is 0 Å². The van der Waals surface area contributed by atoms with E-state index in [2.05, 4.69) is 27.7 Å². The summed E-state index contributed by atoms with van der Waals surface area (Å²) in [6, 6.07) is 0. The molecule has 0 rings (SSSR count). The van der Waals surface area contributed by atoms with Crippen molar-refractivity contribution in [3.63, 3.8) is 0 Å². The van der Waals surface area contributed by atoms with Gasteiger partial charge in [-0.3, -0.25) is 37.3 Å². The lowest BCUT2D eigenvalue weighted by molar-refractivity contribution is -0.161. The molecule has 0 aliphatic rings. The summed E-state index contributed by atoms with van der Waals surface area (Å²) in [4.78, 5) is 72.9. The monoisotopic (exact) mass is 1470 g/mol. The number of aliphatic hydroxyl groups excluding tert-OH is 1. The highest BCUT2D eigenvalue weighted by Gasteiger charge is 2.30. The quantitative estimate of drug-likeness (QED) is 0.0222. The van der Waals surface area contributed by atoms with Crippen LogP contribution >= 0.6 is 15.6 Å². The minimum absolute atomic E-state index is 0.108. The van der Waals surface area contributed by atoms with Crippen LogP contribution in [0.2, 0.25) is 0 Å². The summed E-state index contributed by atoms with van der Waals surface area (Å²) in [5.41, 5.74) is 0. The highest BCUT2D eigenvalue weighted by atomic mass is 31.2. The van der Waals surface area contributed by atoms with Crippen molar-refractivity contribution < 1.29 is 80.2 Å². The van der Waals surface area contributed by atoms with Gasteiger partial charge in [0.1, 0.15) is 19.3 Å². The lowest BCUT2D eigenvalue weighted by Crippen LogP contribution is -2.30. The fourth-order valence-electron chi connectivity index (χ4n) is 12.6. The van der Waals surface area contributed by atoms with Gasteiger partial charge in [0.15, 0.2) is 12.2 Å². The van der Waals surface area contributed by atoms with Crippen LogP contribution in [0.4, 0.5) is 0 Å². The average Bonchev–Trinajstić information content (AvgIpc) is 0.926. The van der Waals surface area contributed by atoms with E-state index in [1.54, 1.807) is 0 Å². The minimum atomic E-state index is -4.96. The van der Waals surface area contributed by atoms with Gasteiger partial charge in [0.05, 0.1) is 26.4 Å². The number of phosphoric ester groups is 2. The first-order chi connectivity index (χ1) is 48.7. The molecule has 0 aromatic rings. The number of rotatable bonds is 82. The molecular formula is C81H158O17P2. The zero-order valence-corrected chi connectivity index (χ0v) is 67.0. The third-order valence-corrected chi connectivity index (χ3v) is 21.0. The molecule has 0 saturated carbocycles. The molecule has 0 radical (unpaired) electrons. The molecule has 3 N–H and O–H groups in total. The zero-order chi connectivity index (χ0) is 73.2. The van der Waals surface area contributed by atoms with E-state index in [4.69, 9.17) is 37.0 Å². The summed E-state index contributed by atoms with van der Waals surface area (Å²) in [5.74, 6) is -2.11. The molecule has 0 spiro atoms. The fraction of sp³-hybridized carbons (Fsp3) is 0.951. The van der Waals surface area contributed by atoms with Crippen molar-refractivity contribution in [1.29, 1.82) is 0 Å². The van der Waals surface area contributed by atoms with Gasteiger partial charge in [-0.05, 0) is 25.7 Å². The topological polar surface area (TPSA) is 237 Å². The Morgan fingerprint density at radius 1 is 0.240 bits per heavy atom. The Hall–Kier alpha value is -1.94. The van der Waals surface area contributed by atoms with Crippen LogP contribution in [0.25, 0.3) is 0 Å². The maximum Gasteiger partial charge on any atom is 0.472 e. The first-order valence-corrected chi connectivity index (χ1v) is 45.3. The van der Waals surface area contributed by atoms with Crippen LogP contribution in [0.5, 0.6) is 0 Å². The molecule has 0 aromatic carbocycles. The number of carbonyl (C=O) groups excluding carboxylic acids is 4. The molecule has 0 amide bonds. The lowest BCUT2D eigenvalue weighted by atomic mass is 10.0.